The minimum atomic E-state index is -0.509. The maximum Gasteiger partial charge on any atom is 0.337 e. The summed E-state index contributed by atoms with van der Waals surface area (Å²) in [4.78, 5) is 31.2. The molecule has 2 aromatic heterocycles. The Balaban J connectivity index is 1.71. The molecule has 0 aliphatic rings. The number of nitrogens with zero attached hydrogens (tertiary/aromatic N) is 3. The van der Waals surface area contributed by atoms with E-state index in [-0.39, 0.29) is 16.4 Å². The largest absolute Gasteiger partial charge is 0.465 e. The maximum atomic E-state index is 12.4. The molecule has 0 saturated heterocycles. The Morgan fingerprint density at radius 1 is 1.21 bits per heavy atom. The molecule has 0 aliphatic heterocycles. The van der Waals surface area contributed by atoms with Crippen molar-refractivity contribution in [2.24, 2.45) is 0 Å². The van der Waals surface area contributed by atoms with Gasteiger partial charge in [-0.1, -0.05) is 29.8 Å². The summed E-state index contributed by atoms with van der Waals surface area (Å²) in [5.41, 5.74) is 1.94. The number of H-pyrrole nitrogens is 1. The Labute approximate surface area is 170 Å². The zero-order valence-corrected chi connectivity index (χ0v) is 16.1. The van der Waals surface area contributed by atoms with E-state index >= 15 is 0 Å². The number of benzene rings is 2. The smallest absolute Gasteiger partial charge is 0.337 e. The van der Waals surface area contributed by atoms with E-state index in [0.29, 0.717) is 16.5 Å². The van der Waals surface area contributed by atoms with Gasteiger partial charge in [-0.05, 0) is 36.4 Å². The lowest BCUT2D eigenvalue weighted by Crippen LogP contribution is -2.11. The van der Waals surface area contributed by atoms with Gasteiger partial charge in [0.1, 0.15) is 0 Å². The lowest BCUT2D eigenvalue weighted by atomic mass is 10.1. The summed E-state index contributed by atoms with van der Waals surface area (Å²) in [6, 6.07) is 14.2. The van der Waals surface area contributed by atoms with Crippen LogP contribution in [0.4, 0.5) is 0 Å². The number of fused-ring (bicyclic) bond motifs is 1. The van der Waals surface area contributed by atoms with E-state index < -0.39 is 5.97 Å². The van der Waals surface area contributed by atoms with Gasteiger partial charge in [0.25, 0.3) is 5.56 Å². The number of hydrogen-bond donors (Lipinski definition) is 1. The number of para-hydroxylation sites is 1. The molecule has 0 radical (unpaired) electrons. The number of methoxy groups -OCH3 is 1. The van der Waals surface area contributed by atoms with Crippen molar-refractivity contribution >= 4 is 39.6 Å². The number of aromatic amines is 1. The van der Waals surface area contributed by atoms with Crippen LogP contribution in [0.25, 0.3) is 27.7 Å². The van der Waals surface area contributed by atoms with Crippen molar-refractivity contribution in [3.8, 4) is 5.69 Å². The molecule has 0 aliphatic carbocycles. The summed E-state index contributed by atoms with van der Waals surface area (Å²) in [6.45, 7) is 0. The van der Waals surface area contributed by atoms with Gasteiger partial charge in [0.15, 0.2) is 5.82 Å². The van der Waals surface area contributed by atoms with Crippen molar-refractivity contribution in [3.63, 3.8) is 0 Å². The SMILES string of the molecule is COC(=O)c1ccc2c(=O)[nH]c(/C(Cl)=C/c3cnn(-c4ccccc4)c3)nc2c1. The molecule has 144 valence electrons. The number of ether oxygens (including phenoxy) is 1. The number of carbonyl (C=O) groups excluding carboxylic acids is 1. The van der Waals surface area contributed by atoms with Gasteiger partial charge in [-0.15, -0.1) is 0 Å². The van der Waals surface area contributed by atoms with Gasteiger partial charge in [-0.3, -0.25) is 4.79 Å². The summed E-state index contributed by atoms with van der Waals surface area (Å²) >= 11 is 6.40. The number of aromatic nitrogens is 4. The lowest BCUT2D eigenvalue weighted by molar-refractivity contribution is 0.0601. The normalized spacial score (nSPS) is 11.6. The molecular formula is C21H15ClN4O3. The Kier molecular flexibility index (Phi) is 4.97. The molecule has 7 nitrogen and oxygen atoms in total. The fourth-order valence-electron chi connectivity index (χ4n) is 2.85. The Bertz CT molecular complexity index is 1290. The van der Waals surface area contributed by atoms with Crippen LogP contribution in [-0.4, -0.2) is 32.8 Å². The van der Waals surface area contributed by atoms with Crippen LogP contribution in [0.15, 0.2) is 65.7 Å². The third-order valence-corrected chi connectivity index (χ3v) is 4.56. The number of carbonyl (C=O) groups is 1. The molecule has 0 bridgehead atoms. The predicted octanol–water partition coefficient (Wildman–Crippen LogP) is 3.63. The fourth-order valence-corrected chi connectivity index (χ4v) is 3.06. The van der Waals surface area contributed by atoms with Gasteiger partial charge in [0, 0.05) is 11.8 Å². The standard InChI is InChI=1S/C21H15ClN4O3/c1-29-21(28)14-7-8-16-18(10-14)24-19(25-20(16)27)17(22)9-13-11-23-26(12-13)15-5-3-2-4-6-15/h2-12H,1H3,(H,24,25,27)/b17-9-. The summed E-state index contributed by atoms with van der Waals surface area (Å²) < 4.78 is 6.43. The molecule has 0 amide bonds. The quantitative estimate of drug-likeness (QED) is 0.522. The predicted molar refractivity (Wildman–Crippen MR) is 111 cm³/mol. The van der Waals surface area contributed by atoms with Crippen molar-refractivity contribution in [2.75, 3.05) is 7.11 Å². The number of rotatable bonds is 4. The molecule has 8 heteroatoms. The minimum absolute atomic E-state index is 0.193. The van der Waals surface area contributed by atoms with Crippen molar-refractivity contribution in [2.45, 2.75) is 0 Å². The summed E-state index contributed by atoms with van der Waals surface area (Å²) in [6.07, 6.45) is 5.12. The molecule has 4 aromatic rings. The van der Waals surface area contributed by atoms with Gasteiger partial charge in [0.05, 0.1) is 40.5 Å². The fraction of sp³-hybridized carbons (Fsp3) is 0.0476. The number of halogens is 1. The third-order valence-electron chi connectivity index (χ3n) is 4.27. The summed E-state index contributed by atoms with van der Waals surface area (Å²) in [7, 11) is 1.29. The van der Waals surface area contributed by atoms with Crippen molar-refractivity contribution in [1.82, 2.24) is 19.7 Å². The zero-order chi connectivity index (χ0) is 20.4. The van der Waals surface area contributed by atoms with E-state index in [1.54, 1.807) is 17.0 Å². The van der Waals surface area contributed by atoms with Gasteiger partial charge in [-0.25, -0.2) is 14.5 Å². The van der Waals surface area contributed by atoms with Gasteiger partial charge in [-0.2, -0.15) is 5.10 Å². The molecule has 0 fully saturated rings. The molecule has 2 aromatic carbocycles. The van der Waals surface area contributed by atoms with Crippen LogP contribution in [-0.2, 0) is 4.74 Å². The molecule has 0 saturated carbocycles. The molecule has 29 heavy (non-hydrogen) atoms. The highest BCUT2D eigenvalue weighted by atomic mass is 35.5. The highest BCUT2D eigenvalue weighted by molar-refractivity contribution is 6.50. The maximum absolute atomic E-state index is 12.4. The average Bonchev–Trinajstić information content (AvgIpc) is 3.21. The topological polar surface area (TPSA) is 89.9 Å². The van der Waals surface area contributed by atoms with Crippen molar-refractivity contribution in [1.29, 1.82) is 0 Å². The van der Waals surface area contributed by atoms with E-state index in [0.717, 1.165) is 11.3 Å². The molecule has 1 N–H and O–H groups in total. The first kappa shape index (κ1) is 18.6. The van der Waals surface area contributed by atoms with E-state index in [2.05, 4.69) is 15.1 Å². The van der Waals surface area contributed by atoms with Crippen LogP contribution in [0.5, 0.6) is 0 Å². The molecule has 0 spiro atoms. The van der Waals surface area contributed by atoms with Crippen molar-refractivity contribution < 1.29 is 9.53 Å². The van der Waals surface area contributed by atoms with Gasteiger partial charge in [0.2, 0.25) is 0 Å². The second kappa shape index (κ2) is 7.73. The first-order valence-corrected chi connectivity index (χ1v) is 9.03. The first-order valence-electron chi connectivity index (χ1n) is 8.65. The monoisotopic (exact) mass is 406 g/mol. The van der Waals surface area contributed by atoms with Crippen LogP contribution in [0.3, 0.4) is 0 Å². The lowest BCUT2D eigenvalue weighted by Gasteiger charge is -2.04. The number of esters is 1. The Morgan fingerprint density at radius 2 is 2.00 bits per heavy atom. The second-order valence-electron chi connectivity index (χ2n) is 6.18. The highest BCUT2D eigenvalue weighted by Gasteiger charge is 2.11. The van der Waals surface area contributed by atoms with Crippen LogP contribution in [0.2, 0.25) is 0 Å². The Hall–Kier alpha value is -3.71. The number of nitrogens with one attached hydrogen (secondary N) is 1. The molecular weight excluding hydrogens is 392 g/mol. The average molecular weight is 407 g/mol. The number of hydrogen-bond acceptors (Lipinski definition) is 5. The minimum Gasteiger partial charge on any atom is -0.465 e. The van der Waals surface area contributed by atoms with Gasteiger partial charge < -0.3 is 9.72 Å². The van der Waals surface area contributed by atoms with Crippen LogP contribution in [0.1, 0.15) is 21.7 Å². The molecule has 2 heterocycles. The van der Waals surface area contributed by atoms with Crippen LogP contribution < -0.4 is 5.56 Å². The molecule has 0 unspecified atom stereocenters. The molecule has 4 rings (SSSR count). The van der Waals surface area contributed by atoms with Crippen LogP contribution in [0, 0.1) is 0 Å². The first-order chi connectivity index (χ1) is 14.0. The van der Waals surface area contributed by atoms with E-state index in [1.807, 2.05) is 36.5 Å². The van der Waals surface area contributed by atoms with E-state index in [9.17, 15) is 9.59 Å². The van der Waals surface area contributed by atoms with Crippen LogP contribution >= 0.6 is 11.6 Å². The second-order valence-corrected chi connectivity index (χ2v) is 6.59. The van der Waals surface area contributed by atoms with E-state index in [4.69, 9.17) is 16.3 Å². The Morgan fingerprint density at radius 3 is 2.76 bits per heavy atom. The zero-order valence-electron chi connectivity index (χ0n) is 15.3. The van der Waals surface area contributed by atoms with E-state index in [1.165, 1.54) is 25.3 Å². The highest BCUT2D eigenvalue weighted by Crippen LogP contribution is 2.21. The van der Waals surface area contributed by atoms with Crippen molar-refractivity contribution in [3.05, 3.63) is 88.2 Å². The summed E-state index contributed by atoms with van der Waals surface area (Å²) in [5.74, 6) is -0.316. The van der Waals surface area contributed by atoms with Gasteiger partial charge >= 0.3 is 5.97 Å². The molecule has 0 atom stereocenters. The summed E-state index contributed by atoms with van der Waals surface area (Å²) in [5, 5.41) is 4.90. The third kappa shape index (κ3) is 3.81.